The lowest BCUT2D eigenvalue weighted by Crippen LogP contribution is -2.52. The van der Waals surface area contributed by atoms with Gasteiger partial charge < -0.3 is 20.1 Å². The standard InChI is InChI=1S/C12H20N4O3/c1-12(2,3)19-11(17)15-5-8(6-15)16-7-9(13)10(14-16)18-4/h7-8H,5-6,13H2,1-4H3. The molecule has 0 bridgehead atoms. The van der Waals surface area contributed by atoms with Gasteiger partial charge in [-0.3, -0.25) is 4.68 Å². The second kappa shape index (κ2) is 4.64. The summed E-state index contributed by atoms with van der Waals surface area (Å²) in [5, 5.41) is 4.21. The highest BCUT2D eigenvalue weighted by molar-refractivity contribution is 5.69. The predicted molar refractivity (Wildman–Crippen MR) is 70.0 cm³/mol. The minimum atomic E-state index is -0.471. The van der Waals surface area contributed by atoms with Gasteiger partial charge in [-0.05, 0) is 20.8 Å². The lowest BCUT2D eigenvalue weighted by molar-refractivity contribution is -0.000470. The Bertz CT molecular complexity index is 472. The topological polar surface area (TPSA) is 82.6 Å². The maximum Gasteiger partial charge on any atom is 0.410 e. The fraction of sp³-hybridized carbons (Fsp3) is 0.667. The molecule has 7 heteroatoms. The Morgan fingerprint density at radius 1 is 1.47 bits per heavy atom. The van der Waals surface area contributed by atoms with Crippen LogP contribution in [0.4, 0.5) is 10.5 Å². The quantitative estimate of drug-likeness (QED) is 0.873. The molecule has 0 saturated carbocycles. The third-order valence-electron chi connectivity index (χ3n) is 2.81. The first kappa shape index (κ1) is 13.5. The van der Waals surface area contributed by atoms with E-state index in [4.69, 9.17) is 15.2 Å². The van der Waals surface area contributed by atoms with Gasteiger partial charge in [0.1, 0.15) is 11.3 Å². The molecule has 2 rings (SSSR count). The van der Waals surface area contributed by atoms with Crippen molar-refractivity contribution >= 4 is 11.8 Å². The summed E-state index contributed by atoms with van der Waals surface area (Å²) in [5.41, 5.74) is 5.76. The molecule has 0 aliphatic carbocycles. The van der Waals surface area contributed by atoms with E-state index in [1.54, 1.807) is 15.8 Å². The van der Waals surface area contributed by atoms with Crippen LogP contribution in [0.25, 0.3) is 0 Å². The molecule has 19 heavy (non-hydrogen) atoms. The molecule has 1 aliphatic rings. The van der Waals surface area contributed by atoms with Gasteiger partial charge in [0.25, 0.3) is 5.88 Å². The first-order valence-corrected chi connectivity index (χ1v) is 6.16. The monoisotopic (exact) mass is 268 g/mol. The molecule has 106 valence electrons. The highest BCUT2D eigenvalue weighted by Crippen LogP contribution is 2.27. The molecule has 1 aliphatic heterocycles. The largest absolute Gasteiger partial charge is 0.478 e. The van der Waals surface area contributed by atoms with E-state index in [1.165, 1.54) is 7.11 Å². The minimum Gasteiger partial charge on any atom is -0.478 e. The summed E-state index contributed by atoms with van der Waals surface area (Å²) in [4.78, 5) is 13.4. The minimum absolute atomic E-state index is 0.124. The number of likely N-dealkylation sites (tertiary alicyclic amines) is 1. The van der Waals surface area contributed by atoms with Crippen LogP contribution in [0.15, 0.2) is 6.20 Å². The summed E-state index contributed by atoms with van der Waals surface area (Å²) in [6.45, 7) is 6.68. The molecule has 2 N–H and O–H groups in total. The number of aromatic nitrogens is 2. The number of rotatable bonds is 2. The fourth-order valence-electron chi connectivity index (χ4n) is 1.83. The zero-order valence-corrected chi connectivity index (χ0v) is 11.7. The summed E-state index contributed by atoms with van der Waals surface area (Å²) in [6.07, 6.45) is 1.42. The van der Waals surface area contributed by atoms with Crippen molar-refractivity contribution in [3.05, 3.63) is 6.20 Å². The molecule has 0 unspecified atom stereocenters. The maximum atomic E-state index is 11.8. The van der Waals surface area contributed by atoms with E-state index >= 15 is 0 Å². The van der Waals surface area contributed by atoms with Crippen molar-refractivity contribution in [1.82, 2.24) is 14.7 Å². The van der Waals surface area contributed by atoms with Crippen LogP contribution in [-0.2, 0) is 4.74 Å². The molecule has 1 amide bonds. The second-order valence-electron chi connectivity index (χ2n) is 5.61. The van der Waals surface area contributed by atoms with Crippen LogP contribution in [0.5, 0.6) is 5.88 Å². The lowest BCUT2D eigenvalue weighted by Gasteiger charge is -2.39. The SMILES string of the molecule is COc1nn(C2CN(C(=O)OC(C)(C)C)C2)cc1N. The fourth-order valence-corrected chi connectivity index (χ4v) is 1.83. The number of nitrogens with zero attached hydrogens (tertiary/aromatic N) is 3. The van der Waals surface area contributed by atoms with Crippen LogP contribution in [0.3, 0.4) is 0 Å². The van der Waals surface area contributed by atoms with Crippen molar-refractivity contribution in [2.24, 2.45) is 0 Å². The number of carbonyl (C=O) groups excluding carboxylic acids is 1. The predicted octanol–water partition coefficient (Wildman–Crippen LogP) is 1.27. The number of hydrogen-bond donors (Lipinski definition) is 1. The Hall–Kier alpha value is -1.92. The Kier molecular flexibility index (Phi) is 3.30. The number of hydrogen-bond acceptors (Lipinski definition) is 5. The van der Waals surface area contributed by atoms with E-state index in [-0.39, 0.29) is 12.1 Å². The number of nitrogens with two attached hydrogens (primary N) is 1. The number of amides is 1. The number of anilines is 1. The van der Waals surface area contributed by atoms with E-state index in [1.807, 2.05) is 20.8 Å². The number of ether oxygens (including phenoxy) is 2. The molecule has 1 fully saturated rings. The van der Waals surface area contributed by atoms with Crippen LogP contribution in [0.1, 0.15) is 26.8 Å². The van der Waals surface area contributed by atoms with E-state index < -0.39 is 5.60 Å². The summed E-state index contributed by atoms with van der Waals surface area (Å²) in [5.74, 6) is 0.413. The van der Waals surface area contributed by atoms with Gasteiger partial charge in [0.2, 0.25) is 0 Å². The van der Waals surface area contributed by atoms with Gasteiger partial charge in [-0.1, -0.05) is 0 Å². The molecule has 7 nitrogen and oxygen atoms in total. The molecule has 1 saturated heterocycles. The third kappa shape index (κ3) is 2.91. The molecule has 0 atom stereocenters. The van der Waals surface area contributed by atoms with Crippen molar-refractivity contribution in [2.45, 2.75) is 32.4 Å². The van der Waals surface area contributed by atoms with Gasteiger partial charge in [0.05, 0.1) is 19.3 Å². The van der Waals surface area contributed by atoms with E-state index in [0.29, 0.717) is 24.7 Å². The molecule has 0 aromatic carbocycles. The highest BCUT2D eigenvalue weighted by atomic mass is 16.6. The Labute approximate surface area is 112 Å². The average molecular weight is 268 g/mol. The first-order chi connectivity index (χ1) is 8.80. The maximum absolute atomic E-state index is 11.8. The normalized spacial score (nSPS) is 16.1. The van der Waals surface area contributed by atoms with Crippen molar-refractivity contribution in [3.8, 4) is 5.88 Å². The first-order valence-electron chi connectivity index (χ1n) is 6.16. The van der Waals surface area contributed by atoms with Crippen molar-refractivity contribution in [1.29, 1.82) is 0 Å². The number of nitrogen functional groups attached to an aromatic ring is 1. The molecule has 1 aromatic heterocycles. The molecule has 0 radical (unpaired) electrons. The Morgan fingerprint density at radius 2 is 2.11 bits per heavy atom. The van der Waals surface area contributed by atoms with Gasteiger partial charge in [-0.2, -0.15) is 0 Å². The summed E-state index contributed by atoms with van der Waals surface area (Å²) in [7, 11) is 1.52. The van der Waals surface area contributed by atoms with Crippen LogP contribution in [-0.4, -0.2) is 46.6 Å². The summed E-state index contributed by atoms with van der Waals surface area (Å²) in [6, 6.07) is 0.124. The third-order valence-corrected chi connectivity index (χ3v) is 2.81. The second-order valence-corrected chi connectivity index (χ2v) is 5.61. The van der Waals surface area contributed by atoms with E-state index in [9.17, 15) is 4.79 Å². The zero-order valence-electron chi connectivity index (χ0n) is 11.7. The van der Waals surface area contributed by atoms with Gasteiger partial charge in [-0.15, -0.1) is 5.10 Å². The van der Waals surface area contributed by atoms with Crippen LogP contribution in [0.2, 0.25) is 0 Å². The Morgan fingerprint density at radius 3 is 2.58 bits per heavy atom. The van der Waals surface area contributed by atoms with E-state index in [2.05, 4.69) is 5.10 Å². The highest BCUT2D eigenvalue weighted by Gasteiger charge is 2.35. The average Bonchev–Trinajstić information content (AvgIpc) is 2.54. The van der Waals surface area contributed by atoms with Gasteiger partial charge >= 0.3 is 6.09 Å². The van der Waals surface area contributed by atoms with Crippen LogP contribution in [0, 0.1) is 0 Å². The summed E-state index contributed by atoms with van der Waals surface area (Å²) < 4.78 is 12.0. The molecular formula is C12H20N4O3. The zero-order chi connectivity index (χ0) is 14.2. The smallest absolute Gasteiger partial charge is 0.410 e. The lowest BCUT2D eigenvalue weighted by atomic mass is 10.1. The molecule has 2 heterocycles. The van der Waals surface area contributed by atoms with Crippen LogP contribution >= 0.6 is 0 Å². The Balaban J connectivity index is 1.90. The van der Waals surface area contributed by atoms with Crippen molar-refractivity contribution < 1.29 is 14.3 Å². The molecular weight excluding hydrogens is 248 g/mol. The van der Waals surface area contributed by atoms with Crippen molar-refractivity contribution in [2.75, 3.05) is 25.9 Å². The number of methoxy groups -OCH3 is 1. The molecule has 0 spiro atoms. The van der Waals surface area contributed by atoms with E-state index in [0.717, 1.165) is 0 Å². The van der Waals surface area contributed by atoms with Gasteiger partial charge in [0, 0.05) is 13.1 Å². The molecule has 1 aromatic rings. The van der Waals surface area contributed by atoms with Crippen LogP contribution < -0.4 is 10.5 Å². The van der Waals surface area contributed by atoms with Gasteiger partial charge in [-0.25, -0.2) is 4.79 Å². The summed E-state index contributed by atoms with van der Waals surface area (Å²) >= 11 is 0. The van der Waals surface area contributed by atoms with Crippen molar-refractivity contribution in [3.63, 3.8) is 0 Å². The van der Waals surface area contributed by atoms with Gasteiger partial charge in [0.15, 0.2) is 0 Å². The number of carbonyl (C=O) groups is 1.